The van der Waals surface area contributed by atoms with E-state index in [-0.39, 0.29) is 0 Å². The molecule has 5 N–H and O–H groups in total. The second-order valence-electron chi connectivity index (χ2n) is 6.17. The highest BCUT2D eigenvalue weighted by atomic mass is 15.5. The molecule has 2 saturated heterocycles. The van der Waals surface area contributed by atoms with Gasteiger partial charge in [0.25, 0.3) is 0 Å². The van der Waals surface area contributed by atoms with E-state index in [1.165, 1.54) is 0 Å². The third kappa shape index (κ3) is 3.43. The van der Waals surface area contributed by atoms with Gasteiger partial charge in [0.1, 0.15) is 18.1 Å². The van der Waals surface area contributed by atoms with Crippen LogP contribution in [0.2, 0.25) is 0 Å². The molecular formula is C15H24N8. The van der Waals surface area contributed by atoms with Crippen LogP contribution in [-0.4, -0.2) is 75.0 Å². The molecule has 8 nitrogen and oxygen atoms in total. The van der Waals surface area contributed by atoms with Gasteiger partial charge in [0, 0.05) is 51.9 Å². The summed E-state index contributed by atoms with van der Waals surface area (Å²) in [6.07, 6.45) is 0. The summed E-state index contributed by atoms with van der Waals surface area (Å²) in [6, 6.07) is 0. The van der Waals surface area contributed by atoms with Crippen molar-refractivity contribution in [3.8, 4) is 11.8 Å². The fourth-order valence-electron chi connectivity index (χ4n) is 3.20. The Kier molecular flexibility index (Phi) is 4.35. The van der Waals surface area contributed by atoms with E-state index >= 15 is 0 Å². The Hall–Kier alpha value is -1.79. The summed E-state index contributed by atoms with van der Waals surface area (Å²) in [4.78, 5) is 6.80. The first kappa shape index (κ1) is 14.8. The molecule has 0 radical (unpaired) electrons. The molecule has 4 rings (SSSR count). The summed E-state index contributed by atoms with van der Waals surface area (Å²) < 4.78 is 0. The highest BCUT2D eigenvalue weighted by molar-refractivity contribution is 6.01. The predicted octanol–water partition coefficient (Wildman–Crippen LogP) is -2.39. The van der Waals surface area contributed by atoms with E-state index in [9.17, 15) is 0 Å². The van der Waals surface area contributed by atoms with Gasteiger partial charge >= 0.3 is 0 Å². The number of hydrazine groups is 1. The average Bonchev–Trinajstić information content (AvgIpc) is 3.31. The number of amidine groups is 1. The van der Waals surface area contributed by atoms with Gasteiger partial charge in [-0.15, -0.1) is 0 Å². The first-order chi connectivity index (χ1) is 11.4. The lowest BCUT2D eigenvalue weighted by molar-refractivity contribution is 0.207. The Bertz CT molecular complexity index is 566. The van der Waals surface area contributed by atoms with E-state index in [0.717, 1.165) is 63.2 Å². The van der Waals surface area contributed by atoms with Gasteiger partial charge in [0.2, 0.25) is 0 Å². The third-order valence-corrected chi connectivity index (χ3v) is 4.53. The van der Waals surface area contributed by atoms with Crippen molar-refractivity contribution in [3.05, 3.63) is 11.4 Å². The highest BCUT2D eigenvalue weighted by Gasteiger charge is 2.23. The Labute approximate surface area is 136 Å². The van der Waals surface area contributed by atoms with Crippen LogP contribution in [0.15, 0.2) is 16.4 Å². The quantitative estimate of drug-likeness (QED) is 0.372. The van der Waals surface area contributed by atoms with Crippen LogP contribution in [0.5, 0.6) is 0 Å². The maximum atomic E-state index is 4.36. The summed E-state index contributed by atoms with van der Waals surface area (Å²) in [5.74, 6) is 8.00. The van der Waals surface area contributed by atoms with Gasteiger partial charge < -0.3 is 21.3 Å². The normalized spacial score (nSPS) is 27.7. The Morgan fingerprint density at radius 2 is 2.22 bits per heavy atom. The van der Waals surface area contributed by atoms with Gasteiger partial charge in [-0.3, -0.25) is 10.3 Å². The summed E-state index contributed by atoms with van der Waals surface area (Å²) in [5.41, 5.74) is 5.43. The van der Waals surface area contributed by atoms with Crippen LogP contribution in [0.25, 0.3) is 0 Å². The van der Waals surface area contributed by atoms with Crippen molar-refractivity contribution in [2.24, 2.45) is 10.9 Å². The molecule has 4 aliphatic rings. The van der Waals surface area contributed by atoms with Crippen LogP contribution in [-0.2, 0) is 0 Å². The summed E-state index contributed by atoms with van der Waals surface area (Å²) in [5, 5.41) is 15.4. The molecule has 23 heavy (non-hydrogen) atoms. The third-order valence-electron chi connectivity index (χ3n) is 4.53. The first-order valence-corrected chi connectivity index (χ1v) is 8.32. The molecule has 0 aromatic carbocycles. The van der Waals surface area contributed by atoms with Gasteiger partial charge in [-0.05, 0) is 5.92 Å². The number of aliphatic imine (C=N–C) groups is 1. The van der Waals surface area contributed by atoms with Crippen molar-refractivity contribution in [1.29, 1.82) is 0 Å². The number of hydrogen-bond acceptors (Lipinski definition) is 8. The summed E-state index contributed by atoms with van der Waals surface area (Å²) in [7, 11) is 0. The van der Waals surface area contributed by atoms with Crippen LogP contribution in [0.1, 0.15) is 0 Å². The molecule has 0 aromatic rings. The lowest BCUT2D eigenvalue weighted by Crippen LogP contribution is -2.41. The second kappa shape index (κ2) is 6.76. The molecule has 0 aliphatic carbocycles. The minimum absolute atomic E-state index is 0.373. The van der Waals surface area contributed by atoms with Crippen LogP contribution >= 0.6 is 0 Å². The van der Waals surface area contributed by atoms with Crippen LogP contribution in [0, 0.1) is 17.8 Å². The molecule has 124 valence electrons. The van der Waals surface area contributed by atoms with Gasteiger partial charge in [-0.1, -0.05) is 5.92 Å². The summed E-state index contributed by atoms with van der Waals surface area (Å²) in [6.45, 7) is 8.68. The zero-order valence-electron chi connectivity index (χ0n) is 13.3. The zero-order chi connectivity index (χ0) is 15.5. The molecule has 0 spiro atoms. The van der Waals surface area contributed by atoms with Gasteiger partial charge in [-0.25, -0.2) is 10.0 Å². The van der Waals surface area contributed by atoms with Gasteiger partial charge in [0.05, 0.1) is 6.67 Å². The molecule has 0 saturated carbocycles. The van der Waals surface area contributed by atoms with Gasteiger partial charge in [0.15, 0.2) is 5.84 Å². The Morgan fingerprint density at radius 3 is 3.13 bits per heavy atom. The lowest BCUT2D eigenvalue weighted by atomic mass is 10.1. The topological polar surface area (TPSA) is 79.0 Å². The van der Waals surface area contributed by atoms with Crippen molar-refractivity contribution < 1.29 is 0 Å². The second-order valence-corrected chi connectivity index (χ2v) is 6.17. The smallest absolute Gasteiger partial charge is 0.150 e. The number of hydrogen-bond donors (Lipinski definition) is 5. The number of fused-ring (bicyclic) bond motifs is 1. The molecular weight excluding hydrogens is 292 g/mol. The van der Waals surface area contributed by atoms with Crippen molar-refractivity contribution in [1.82, 2.24) is 36.6 Å². The van der Waals surface area contributed by atoms with Gasteiger partial charge in [-0.2, -0.15) is 0 Å². The molecule has 2 fully saturated rings. The molecule has 1 atom stereocenters. The van der Waals surface area contributed by atoms with E-state index in [1.807, 2.05) is 0 Å². The van der Waals surface area contributed by atoms with E-state index in [2.05, 4.69) is 53.4 Å². The monoisotopic (exact) mass is 316 g/mol. The SMILES string of the molecule is C(#CC1CNN(CCN2CCNC2)C1)C1=C2NCN=C2NCN1. The van der Waals surface area contributed by atoms with E-state index in [1.54, 1.807) is 0 Å². The van der Waals surface area contributed by atoms with E-state index in [0.29, 0.717) is 19.3 Å². The molecule has 4 aliphatic heterocycles. The zero-order valence-corrected chi connectivity index (χ0v) is 13.3. The highest BCUT2D eigenvalue weighted by Crippen LogP contribution is 2.09. The van der Waals surface area contributed by atoms with Crippen molar-refractivity contribution in [2.75, 3.05) is 59.3 Å². The van der Waals surface area contributed by atoms with Crippen molar-refractivity contribution in [2.45, 2.75) is 0 Å². The summed E-state index contributed by atoms with van der Waals surface area (Å²) >= 11 is 0. The molecule has 8 heteroatoms. The molecule has 4 heterocycles. The number of rotatable bonds is 3. The Morgan fingerprint density at radius 1 is 1.22 bits per heavy atom. The Balaban J connectivity index is 1.30. The fourth-order valence-corrected chi connectivity index (χ4v) is 3.20. The van der Waals surface area contributed by atoms with Crippen molar-refractivity contribution in [3.63, 3.8) is 0 Å². The predicted molar refractivity (Wildman–Crippen MR) is 88.9 cm³/mol. The first-order valence-electron chi connectivity index (χ1n) is 8.32. The van der Waals surface area contributed by atoms with E-state index in [4.69, 9.17) is 0 Å². The number of nitrogens with zero attached hydrogens (tertiary/aromatic N) is 3. The standard InChI is InChI=1S/C15H24N8/c1(2-13-14-15(19-9-17-13)20-10-18-14)12-7-21-23(8-12)6-5-22-4-3-16-11-22/h12,16-18,21H,3-11H2,(H,19,20). The number of nitrogens with one attached hydrogen (secondary N) is 5. The number of allylic oxidation sites excluding steroid dienone is 1. The molecule has 0 amide bonds. The van der Waals surface area contributed by atoms with Crippen LogP contribution in [0.3, 0.4) is 0 Å². The maximum absolute atomic E-state index is 4.36. The largest absolute Gasteiger partial charge is 0.361 e. The van der Waals surface area contributed by atoms with Crippen LogP contribution in [0.4, 0.5) is 0 Å². The minimum Gasteiger partial charge on any atom is -0.361 e. The molecule has 0 bridgehead atoms. The lowest BCUT2D eigenvalue weighted by Gasteiger charge is -2.20. The molecule has 1 unspecified atom stereocenters. The maximum Gasteiger partial charge on any atom is 0.150 e. The van der Waals surface area contributed by atoms with E-state index < -0.39 is 0 Å². The molecule has 0 aromatic heterocycles. The average molecular weight is 316 g/mol. The minimum atomic E-state index is 0.373. The fraction of sp³-hybridized carbons (Fsp3) is 0.667. The van der Waals surface area contributed by atoms with Crippen LogP contribution < -0.4 is 26.7 Å². The van der Waals surface area contributed by atoms with Crippen molar-refractivity contribution >= 4 is 5.84 Å².